The van der Waals surface area contributed by atoms with E-state index in [0.29, 0.717) is 18.4 Å². The Hall–Kier alpha value is -2.73. The van der Waals surface area contributed by atoms with Crippen LogP contribution in [-0.2, 0) is 0 Å². The molecule has 33 heavy (non-hydrogen) atoms. The minimum absolute atomic E-state index is 0.314. The Labute approximate surface area is 195 Å². The molecular weight excluding hydrogens is 410 g/mol. The summed E-state index contributed by atoms with van der Waals surface area (Å²) < 4.78 is 1.88. The summed E-state index contributed by atoms with van der Waals surface area (Å²) in [6, 6.07) is 4.45. The first kappa shape index (κ1) is 22.1. The summed E-state index contributed by atoms with van der Waals surface area (Å²) in [5.41, 5.74) is 10.3. The van der Waals surface area contributed by atoms with Gasteiger partial charge < -0.3 is 10.1 Å². The molecule has 4 aromatic heterocycles. The molecule has 0 atom stereocenters. The van der Waals surface area contributed by atoms with E-state index in [0.717, 1.165) is 52.3 Å². The Morgan fingerprint density at radius 3 is 2.64 bits per heavy atom. The standard InChI is InChI=1S/C27H35N5O/c1-16(2)24-25(21-14-32-27(28-15-29-32)18(4)17(21)3)31-23-12-11-22(30-26(23)24)20-9-7-19(8-10-20)6-5-13-33/h11-12,14-16,19-20,31,33H,5-10,13H2,1-4H3. The quantitative estimate of drug-likeness (QED) is 0.378. The van der Waals surface area contributed by atoms with Gasteiger partial charge in [0, 0.05) is 35.5 Å². The minimum Gasteiger partial charge on any atom is -0.396 e. The molecule has 1 aliphatic rings. The van der Waals surface area contributed by atoms with Crippen LogP contribution in [0.5, 0.6) is 0 Å². The number of hydrogen-bond acceptors (Lipinski definition) is 4. The largest absolute Gasteiger partial charge is 0.396 e. The maximum atomic E-state index is 9.13. The number of hydrogen-bond donors (Lipinski definition) is 2. The van der Waals surface area contributed by atoms with Gasteiger partial charge in [-0.25, -0.2) is 9.50 Å². The van der Waals surface area contributed by atoms with Crippen molar-refractivity contribution in [2.24, 2.45) is 5.92 Å². The van der Waals surface area contributed by atoms with Gasteiger partial charge in [0.25, 0.3) is 0 Å². The van der Waals surface area contributed by atoms with Crippen LogP contribution in [0.25, 0.3) is 27.9 Å². The molecule has 0 bridgehead atoms. The first-order valence-electron chi connectivity index (χ1n) is 12.4. The fourth-order valence-corrected chi connectivity index (χ4v) is 5.68. The Kier molecular flexibility index (Phi) is 5.95. The second kappa shape index (κ2) is 8.90. The second-order valence-electron chi connectivity index (χ2n) is 10.1. The van der Waals surface area contributed by atoms with Crippen LogP contribution in [-0.4, -0.2) is 36.3 Å². The summed E-state index contributed by atoms with van der Waals surface area (Å²) in [7, 11) is 0. The van der Waals surface area contributed by atoms with Gasteiger partial charge in [-0.2, -0.15) is 5.10 Å². The van der Waals surface area contributed by atoms with Crippen LogP contribution in [0.4, 0.5) is 0 Å². The van der Waals surface area contributed by atoms with E-state index in [1.54, 1.807) is 6.33 Å². The summed E-state index contributed by atoms with van der Waals surface area (Å²) in [5, 5.41) is 13.5. The number of aromatic nitrogens is 5. The number of aromatic amines is 1. The number of H-pyrrole nitrogens is 1. The van der Waals surface area contributed by atoms with Crippen molar-refractivity contribution in [2.45, 2.75) is 78.1 Å². The van der Waals surface area contributed by atoms with E-state index in [4.69, 9.17) is 10.1 Å². The lowest BCUT2D eigenvalue weighted by Crippen LogP contribution is -2.14. The number of fused-ring (bicyclic) bond motifs is 2. The predicted octanol–water partition coefficient (Wildman–Crippen LogP) is 6.06. The number of aliphatic hydroxyl groups excluding tert-OH is 1. The van der Waals surface area contributed by atoms with Crippen molar-refractivity contribution in [3.05, 3.63) is 47.0 Å². The van der Waals surface area contributed by atoms with Crippen LogP contribution in [0.15, 0.2) is 24.7 Å². The molecule has 4 aromatic rings. The van der Waals surface area contributed by atoms with E-state index in [1.807, 2.05) is 4.52 Å². The maximum absolute atomic E-state index is 9.13. The average Bonchev–Trinajstić information content (AvgIpc) is 3.44. The molecule has 6 heteroatoms. The van der Waals surface area contributed by atoms with Crippen LogP contribution in [0, 0.1) is 19.8 Å². The molecule has 0 radical (unpaired) electrons. The zero-order chi connectivity index (χ0) is 23.1. The number of pyridine rings is 2. The molecule has 174 valence electrons. The second-order valence-corrected chi connectivity index (χ2v) is 10.1. The smallest absolute Gasteiger partial charge is 0.158 e. The third-order valence-electron chi connectivity index (χ3n) is 7.71. The highest BCUT2D eigenvalue weighted by Crippen LogP contribution is 2.40. The Balaban J connectivity index is 1.54. The number of aryl methyl sites for hydroxylation is 1. The summed E-state index contributed by atoms with van der Waals surface area (Å²) >= 11 is 0. The monoisotopic (exact) mass is 445 g/mol. The molecule has 5 rings (SSSR count). The summed E-state index contributed by atoms with van der Waals surface area (Å²) in [6.45, 7) is 9.11. The molecule has 0 saturated heterocycles. The van der Waals surface area contributed by atoms with Gasteiger partial charge in [-0.3, -0.25) is 4.98 Å². The molecule has 1 saturated carbocycles. The van der Waals surface area contributed by atoms with Crippen LogP contribution in [0.2, 0.25) is 0 Å². The van der Waals surface area contributed by atoms with Crippen LogP contribution in [0.3, 0.4) is 0 Å². The van der Waals surface area contributed by atoms with E-state index in [2.05, 4.69) is 61.1 Å². The lowest BCUT2D eigenvalue weighted by molar-refractivity contribution is 0.246. The van der Waals surface area contributed by atoms with Gasteiger partial charge in [0.15, 0.2) is 5.65 Å². The van der Waals surface area contributed by atoms with Crippen LogP contribution in [0.1, 0.15) is 86.6 Å². The molecule has 0 aliphatic heterocycles. The third-order valence-corrected chi connectivity index (χ3v) is 7.71. The highest BCUT2D eigenvalue weighted by Gasteiger charge is 2.25. The zero-order valence-electron chi connectivity index (χ0n) is 20.2. The highest BCUT2D eigenvalue weighted by atomic mass is 16.2. The zero-order valence-corrected chi connectivity index (χ0v) is 20.2. The van der Waals surface area contributed by atoms with Crippen molar-refractivity contribution in [1.29, 1.82) is 0 Å². The van der Waals surface area contributed by atoms with Gasteiger partial charge in [0.05, 0.1) is 16.7 Å². The lowest BCUT2D eigenvalue weighted by Gasteiger charge is -2.28. The van der Waals surface area contributed by atoms with E-state index >= 15 is 0 Å². The molecule has 1 fully saturated rings. The van der Waals surface area contributed by atoms with Gasteiger partial charge in [-0.1, -0.05) is 13.8 Å². The topological polar surface area (TPSA) is 79.1 Å². The molecular formula is C27H35N5O. The maximum Gasteiger partial charge on any atom is 0.158 e. The number of aliphatic hydroxyl groups is 1. The van der Waals surface area contributed by atoms with Gasteiger partial charge in [-0.05, 0) is 87.5 Å². The van der Waals surface area contributed by atoms with Crippen molar-refractivity contribution in [1.82, 2.24) is 24.6 Å². The van der Waals surface area contributed by atoms with Gasteiger partial charge >= 0.3 is 0 Å². The molecule has 1 aliphatic carbocycles. The average molecular weight is 446 g/mol. The van der Waals surface area contributed by atoms with Gasteiger partial charge in [0.1, 0.15) is 6.33 Å². The van der Waals surface area contributed by atoms with Crippen molar-refractivity contribution >= 4 is 16.7 Å². The Bertz CT molecular complexity index is 1280. The molecule has 0 aromatic carbocycles. The molecule has 0 amide bonds. The SMILES string of the molecule is Cc1c(-c2[nH]c3ccc(C4CCC(CCCO)CC4)nc3c2C(C)C)cn2ncnc2c1C. The van der Waals surface area contributed by atoms with Crippen molar-refractivity contribution in [3.63, 3.8) is 0 Å². The Morgan fingerprint density at radius 2 is 1.91 bits per heavy atom. The number of rotatable bonds is 6. The van der Waals surface area contributed by atoms with Gasteiger partial charge in [0.2, 0.25) is 0 Å². The van der Waals surface area contributed by atoms with E-state index in [1.165, 1.54) is 42.5 Å². The van der Waals surface area contributed by atoms with Crippen LogP contribution < -0.4 is 0 Å². The van der Waals surface area contributed by atoms with E-state index in [9.17, 15) is 0 Å². The minimum atomic E-state index is 0.314. The summed E-state index contributed by atoms with van der Waals surface area (Å²) in [4.78, 5) is 13.4. The number of nitrogens with zero attached hydrogens (tertiary/aromatic N) is 4. The van der Waals surface area contributed by atoms with Crippen LogP contribution >= 0.6 is 0 Å². The summed E-state index contributed by atoms with van der Waals surface area (Å²) in [6.07, 6.45) is 10.7. The molecule has 0 spiro atoms. The molecule has 0 unspecified atom stereocenters. The fourth-order valence-electron chi connectivity index (χ4n) is 5.68. The predicted molar refractivity (Wildman–Crippen MR) is 133 cm³/mol. The van der Waals surface area contributed by atoms with Crippen molar-refractivity contribution in [2.75, 3.05) is 6.61 Å². The van der Waals surface area contributed by atoms with Crippen molar-refractivity contribution in [3.8, 4) is 11.3 Å². The first-order chi connectivity index (χ1) is 16.0. The molecule has 4 heterocycles. The van der Waals surface area contributed by atoms with Gasteiger partial charge in [-0.15, -0.1) is 0 Å². The molecule has 6 nitrogen and oxygen atoms in total. The number of nitrogens with one attached hydrogen (secondary N) is 1. The highest BCUT2D eigenvalue weighted by molar-refractivity contribution is 5.89. The molecule has 2 N–H and O–H groups in total. The summed E-state index contributed by atoms with van der Waals surface area (Å²) in [5.74, 6) is 1.64. The van der Waals surface area contributed by atoms with E-state index < -0.39 is 0 Å². The fraction of sp³-hybridized carbons (Fsp3) is 0.519. The normalized spacial score (nSPS) is 19.2. The third kappa shape index (κ3) is 3.95. The Morgan fingerprint density at radius 1 is 1.12 bits per heavy atom. The first-order valence-corrected chi connectivity index (χ1v) is 12.4. The van der Waals surface area contributed by atoms with Crippen molar-refractivity contribution < 1.29 is 5.11 Å². The van der Waals surface area contributed by atoms with E-state index in [-0.39, 0.29) is 0 Å². The lowest BCUT2D eigenvalue weighted by atomic mass is 9.78.